The second-order valence-electron chi connectivity index (χ2n) is 3.99. The number of halogens is 1. The summed E-state index contributed by atoms with van der Waals surface area (Å²) in [5, 5.41) is 3.81. The maximum atomic E-state index is 12.2. The fourth-order valence-electron chi connectivity index (χ4n) is 2.02. The molecule has 1 aromatic heterocycles. The number of thioether (sulfide) groups is 1. The lowest BCUT2D eigenvalue weighted by atomic mass is 10.2. The first-order chi connectivity index (χ1) is 8.25. The van der Waals surface area contributed by atoms with E-state index in [0.29, 0.717) is 5.02 Å². The molecule has 1 N–H and O–H groups in total. The molecule has 2 aromatic rings. The Bertz CT molecular complexity index is 617. The van der Waals surface area contributed by atoms with Crippen LogP contribution in [0.3, 0.4) is 0 Å². The number of nitrogens with one attached hydrogen (secondary N) is 1. The van der Waals surface area contributed by atoms with Crippen LogP contribution in [0.4, 0.5) is 0 Å². The van der Waals surface area contributed by atoms with Gasteiger partial charge in [-0.05, 0) is 30.4 Å². The Labute approximate surface area is 108 Å². The lowest BCUT2D eigenvalue weighted by molar-refractivity contribution is 0.821. The average Bonchev–Trinajstić information content (AvgIpc) is 2.68. The van der Waals surface area contributed by atoms with Gasteiger partial charge in [0.05, 0.1) is 5.69 Å². The number of hydrogen-bond donors (Lipinski definition) is 1. The third-order valence-electron chi connectivity index (χ3n) is 2.88. The molecule has 0 fully saturated rings. The molecule has 17 heavy (non-hydrogen) atoms. The summed E-state index contributed by atoms with van der Waals surface area (Å²) in [7, 11) is 0. The van der Waals surface area contributed by atoms with Crippen molar-refractivity contribution in [2.75, 3.05) is 5.75 Å². The Morgan fingerprint density at radius 1 is 1.41 bits per heavy atom. The van der Waals surface area contributed by atoms with E-state index in [0.717, 1.165) is 34.9 Å². The van der Waals surface area contributed by atoms with E-state index in [1.165, 1.54) is 0 Å². The van der Waals surface area contributed by atoms with Gasteiger partial charge in [0, 0.05) is 22.0 Å². The van der Waals surface area contributed by atoms with Crippen LogP contribution in [0.5, 0.6) is 0 Å². The Morgan fingerprint density at radius 2 is 2.29 bits per heavy atom. The average molecular weight is 267 g/mol. The molecule has 0 atom stereocenters. The molecular formula is C12H11ClN2OS. The number of rotatable bonds is 1. The Balaban J connectivity index is 2.16. The zero-order valence-electron chi connectivity index (χ0n) is 9.07. The van der Waals surface area contributed by atoms with Crippen LogP contribution < -0.4 is 5.56 Å². The normalized spacial score (nSPS) is 14.6. The quantitative estimate of drug-likeness (QED) is 0.862. The van der Waals surface area contributed by atoms with Crippen molar-refractivity contribution in [3.63, 3.8) is 0 Å². The van der Waals surface area contributed by atoms with E-state index in [4.69, 9.17) is 11.6 Å². The number of nitrogens with zero attached hydrogens (tertiary/aromatic N) is 1. The number of aryl methyl sites for hydroxylation is 1. The Hall–Kier alpha value is -1.13. The van der Waals surface area contributed by atoms with E-state index < -0.39 is 0 Å². The molecular weight excluding hydrogens is 256 g/mol. The van der Waals surface area contributed by atoms with E-state index in [9.17, 15) is 4.79 Å². The lowest BCUT2D eigenvalue weighted by Gasteiger charge is -2.07. The third kappa shape index (κ3) is 1.91. The van der Waals surface area contributed by atoms with E-state index in [2.05, 4.69) is 5.10 Å². The molecule has 2 heterocycles. The monoisotopic (exact) mass is 266 g/mol. The van der Waals surface area contributed by atoms with Gasteiger partial charge >= 0.3 is 0 Å². The smallest absolute Gasteiger partial charge is 0.275 e. The first-order valence-corrected chi connectivity index (χ1v) is 6.95. The summed E-state index contributed by atoms with van der Waals surface area (Å²) < 4.78 is 1.59. The highest BCUT2D eigenvalue weighted by Gasteiger charge is 2.18. The zero-order valence-corrected chi connectivity index (χ0v) is 10.6. The summed E-state index contributed by atoms with van der Waals surface area (Å²) >= 11 is 7.74. The SMILES string of the molecule is O=c1c2c([nH]n1-c1cccc(Cl)c1)CCSC2. The molecule has 0 amide bonds. The van der Waals surface area contributed by atoms with Crippen LogP contribution in [0.2, 0.25) is 5.02 Å². The summed E-state index contributed by atoms with van der Waals surface area (Å²) in [5.74, 6) is 1.88. The summed E-state index contributed by atoms with van der Waals surface area (Å²) in [6, 6.07) is 7.31. The molecule has 88 valence electrons. The maximum Gasteiger partial charge on any atom is 0.275 e. The lowest BCUT2D eigenvalue weighted by Crippen LogP contribution is -2.17. The zero-order chi connectivity index (χ0) is 11.8. The van der Waals surface area contributed by atoms with Crippen molar-refractivity contribution in [3.8, 4) is 5.69 Å². The van der Waals surface area contributed by atoms with E-state index in [1.807, 2.05) is 12.1 Å². The van der Waals surface area contributed by atoms with Gasteiger partial charge in [0.15, 0.2) is 0 Å². The van der Waals surface area contributed by atoms with Crippen molar-refractivity contribution >= 4 is 23.4 Å². The summed E-state index contributed by atoms with van der Waals surface area (Å²) in [5.41, 5.74) is 2.81. The van der Waals surface area contributed by atoms with Crippen molar-refractivity contribution < 1.29 is 0 Å². The van der Waals surface area contributed by atoms with Gasteiger partial charge in [0.2, 0.25) is 0 Å². The van der Waals surface area contributed by atoms with Crippen LogP contribution in [-0.4, -0.2) is 15.5 Å². The molecule has 0 radical (unpaired) electrons. The fraction of sp³-hybridized carbons (Fsp3) is 0.250. The molecule has 0 saturated heterocycles. The van der Waals surface area contributed by atoms with Gasteiger partial charge in [-0.25, -0.2) is 4.68 Å². The van der Waals surface area contributed by atoms with Gasteiger partial charge in [-0.3, -0.25) is 9.89 Å². The summed E-state index contributed by atoms with van der Waals surface area (Å²) in [6.45, 7) is 0. The number of aromatic nitrogens is 2. The number of hydrogen-bond acceptors (Lipinski definition) is 2. The highest BCUT2D eigenvalue weighted by molar-refractivity contribution is 7.98. The third-order valence-corrected chi connectivity index (χ3v) is 4.10. The Morgan fingerprint density at radius 3 is 3.06 bits per heavy atom. The largest absolute Gasteiger partial charge is 0.295 e. The number of benzene rings is 1. The molecule has 0 aliphatic carbocycles. The standard InChI is InChI=1S/C12H11ClN2OS/c13-8-2-1-3-9(6-8)15-12(16)10-7-17-5-4-11(10)14-15/h1-3,6,14H,4-5,7H2. The predicted octanol–water partition coefficient (Wildman–Crippen LogP) is 2.61. The van der Waals surface area contributed by atoms with Crippen LogP contribution in [0, 0.1) is 0 Å². The molecule has 1 aliphatic rings. The first-order valence-electron chi connectivity index (χ1n) is 5.42. The van der Waals surface area contributed by atoms with Gasteiger partial charge < -0.3 is 0 Å². The van der Waals surface area contributed by atoms with Crippen molar-refractivity contribution in [3.05, 3.63) is 50.9 Å². The van der Waals surface area contributed by atoms with Crippen LogP contribution in [0.25, 0.3) is 5.69 Å². The molecule has 5 heteroatoms. The van der Waals surface area contributed by atoms with Crippen LogP contribution in [0.1, 0.15) is 11.3 Å². The minimum Gasteiger partial charge on any atom is -0.295 e. The predicted molar refractivity (Wildman–Crippen MR) is 71.3 cm³/mol. The van der Waals surface area contributed by atoms with Gasteiger partial charge in [0.25, 0.3) is 5.56 Å². The van der Waals surface area contributed by atoms with Gasteiger partial charge in [-0.15, -0.1) is 0 Å². The number of H-pyrrole nitrogens is 1. The highest BCUT2D eigenvalue weighted by Crippen LogP contribution is 2.21. The topological polar surface area (TPSA) is 37.8 Å². The maximum absolute atomic E-state index is 12.2. The van der Waals surface area contributed by atoms with Crippen molar-refractivity contribution in [1.82, 2.24) is 9.78 Å². The minimum atomic E-state index is 0.0504. The molecule has 1 aromatic carbocycles. The van der Waals surface area contributed by atoms with Crippen molar-refractivity contribution in [2.24, 2.45) is 0 Å². The van der Waals surface area contributed by atoms with E-state index in [-0.39, 0.29) is 5.56 Å². The van der Waals surface area contributed by atoms with E-state index >= 15 is 0 Å². The Kier molecular flexibility index (Phi) is 2.76. The molecule has 3 nitrogen and oxygen atoms in total. The molecule has 0 spiro atoms. The molecule has 3 rings (SSSR count). The number of fused-ring (bicyclic) bond motifs is 1. The molecule has 0 saturated carbocycles. The molecule has 0 unspecified atom stereocenters. The van der Waals surface area contributed by atoms with Gasteiger partial charge in [-0.2, -0.15) is 11.8 Å². The van der Waals surface area contributed by atoms with Crippen molar-refractivity contribution in [2.45, 2.75) is 12.2 Å². The van der Waals surface area contributed by atoms with Crippen LogP contribution in [0.15, 0.2) is 29.1 Å². The van der Waals surface area contributed by atoms with E-state index in [1.54, 1.807) is 28.6 Å². The number of aromatic amines is 1. The second-order valence-corrected chi connectivity index (χ2v) is 5.53. The fourth-order valence-corrected chi connectivity index (χ4v) is 3.20. The molecule has 0 bridgehead atoms. The highest BCUT2D eigenvalue weighted by atomic mass is 35.5. The summed E-state index contributed by atoms with van der Waals surface area (Å²) in [4.78, 5) is 12.2. The minimum absolute atomic E-state index is 0.0504. The second kappa shape index (κ2) is 4.27. The van der Waals surface area contributed by atoms with Crippen LogP contribution >= 0.6 is 23.4 Å². The van der Waals surface area contributed by atoms with Gasteiger partial charge in [0.1, 0.15) is 0 Å². The first kappa shape index (κ1) is 11.0. The van der Waals surface area contributed by atoms with Crippen molar-refractivity contribution in [1.29, 1.82) is 0 Å². The molecule has 1 aliphatic heterocycles. The van der Waals surface area contributed by atoms with Gasteiger partial charge in [-0.1, -0.05) is 17.7 Å². The van der Waals surface area contributed by atoms with Crippen LogP contribution in [-0.2, 0) is 12.2 Å². The summed E-state index contributed by atoms with van der Waals surface area (Å²) in [6.07, 6.45) is 0.933.